The van der Waals surface area contributed by atoms with Gasteiger partial charge in [-0.2, -0.15) is 0 Å². The average molecular weight is 241 g/mol. The second-order valence-corrected chi connectivity index (χ2v) is 4.88. The summed E-state index contributed by atoms with van der Waals surface area (Å²) in [6.07, 6.45) is 3.47. The average Bonchev–Trinajstić information content (AvgIpc) is 2.73. The molecule has 0 amide bonds. The van der Waals surface area contributed by atoms with Gasteiger partial charge in [0.05, 0.1) is 5.56 Å². The van der Waals surface area contributed by atoms with Crippen molar-refractivity contribution in [2.75, 3.05) is 0 Å². The molecule has 0 fully saturated rings. The summed E-state index contributed by atoms with van der Waals surface area (Å²) in [7, 11) is 0. The minimum absolute atomic E-state index is 0.394. The van der Waals surface area contributed by atoms with Crippen molar-refractivity contribution in [1.29, 1.82) is 0 Å². The SMILES string of the molecule is CCCC(CC)NCc1cc(C(=O)O)cs1. The molecule has 0 aliphatic carbocycles. The molecule has 0 saturated heterocycles. The lowest BCUT2D eigenvalue weighted by Crippen LogP contribution is -2.27. The van der Waals surface area contributed by atoms with Gasteiger partial charge in [0.1, 0.15) is 0 Å². The summed E-state index contributed by atoms with van der Waals surface area (Å²) >= 11 is 1.51. The van der Waals surface area contributed by atoms with Crippen LogP contribution in [-0.4, -0.2) is 17.1 Å². The van der Waals surface area contributed by atoms with Gasteiger partial charge in [-0.3, -0.25) is 0 Å². The van der Waals surface area contributed by atoms with Crippen LogP contribution < -0.4 is 5.32 Å². The Bertz CT molecular complexity index is 336. The molecule has 0 radical (unpaired) electrons. The van der Waals surface area contributed by atoms with Crippen molar-refractivity contribution in [3.05, 3.63) is 21.9 Å². The van der Waals surface area contributed by atoms with Crippen LogP contribution in [0.2, 0.25) is 0 Å². The Balaban J connectivity index is 2.44. The van der Waals surface area contributed by atoms with E-state index in [1.165, 1.54) is 24.2 Å². The number of hydrogen-bond acceptors (Lipinski definition) is 3. The van der Waals surface area contributed by atoms with Crippen molar-refractivity contribution in [2.45, 2.75) is 45.7 Å². The van der Waals surface area contributed by atoms with Gasteiger partial charge in [-0.15, -0.1) is 11.3 Å². The van der Waals surface area contributed by atoms with Crippen LogP contribution in [0.15, 0.2) is 11.4 Å². The first-order chi connectivity index (χ1) is 7.67. The monoisotopic (exact) mass is 241 g/mol. The summed E-state index contributed by atoms with van der Waals surface area (Å²) in [6.45, 7) is 5.12. The first-order valence-electron chi connectivity index (χ1n) is 5.71. The third-order valence-electron chi connectivity index (χ3n) is 2.60. The van der Waals surface area contributed by atoms with E-state index in [1.54, 1.807) is 11.4 Å². The van der Waals surface area contributed by atoms with E-state index in [-0.39, 0.29) is 0 Å². The molecule has 1 heterocycles. The lowest BCUT2D eigenvalue weighted by Gasteiger charge is -2.14. The number of thiophene rings is 1. The number of carboxylic acids is 1. The van der Waals surface area contributed by atoms with Crippen molar-refractivity contribution >= 4 is 17.3 Å². The number of carboxylic acid groups (broad SMARTS) is 1. The Hall–Kier alpha value is -0.870. The van der Waals surface area contributed by atoms with Crippen molar-refractivity contribution in [3.63, 3.8) is 0 Å². The zero-order valence-electron chi connectivity index (χ0n) is 9.82. The van der Waals surface area contributed by atoms with E-state index < -0.39 is 5.97 Å². The van der Waals surface area contributed by atoms with E-state index in [2.05, 4.69) is 19.2 Å². The summed E-state index contributed by atoms with van der Waals surface area (Å²) in [5.41, 5.74) is 0.394. The fourth-order valence-corrected chi connectivity index (χ4v) is 2.44. The quantitative estimate of drug-likeness (QED) is 0.771. The second kappa shape index (κ2) is 6.66. The summed E-state index contributed by atoms with van der Waals surface area (Å²) in [4.78, 5) is 11.8. The van der Waals surface area contributed by atoms with Crippen LogP contribution in [-0.2, 0) is 6.54 Å². The van der Waals surface area contributed by atoms with Gasteiger partial charge < -0.3 is 10.4 Å². The highest BCUT2D eigenvalue weighted by Crippen LogP contribution is 2.15. The van der Waals surface area contributed by atoms with Crippen LogP contribution in [0.4, 0.5) is 0 Å². The van der Waals surface area contributed by atoms with Crippen LogP contribution >= 0.6 is 11.3 Å². The Labute approximate surface area is 100 Å². The zero-order valence-corrected chi connectivity index (χ0v) is 10.6. The Morgan fingerprint density at radius 3 is 2.81 bits per heavy atom. The van der Waals surface area contributed by atoms with Gasteiger partial charge in [-0.25, -0.2) is 4.79 Å². The Kier molecular flexibility index (Phi) is 5.49. The highest BCUT2D eigenvalue weighted by molar-refractivity contribution is 7.10. The fourth-order valence-electron chi connectivity index (χ4n) is 1.63. The largest absolute Gasteiger partial charge is 0.478 e. The molecule has 0 spiro atoms. The highest BCUT2D eigenvalue weighted by atomic mass is 32.1. The van der Waals surface area contributed by atoms with Crippen LogP contribution in [0.25, 0.3) is 0 Å². The highest BCUT2D eigenvalue weighted by Gasteiger charge is 2.08. The molecule has 4 heteroatoms. The van der Waals surface area contributed by atoms with Crippen LogP contribution in [0, 0.1) is 0 Å². The van der Waals surface area contributed by atoms with Gasteiger partial charge in [0.25, 0.3) is 0 Å². The number of aromatic carboxylic acids is 1. The smallest absolute Gasteiger partial charge is 0.336 e. The van der Waals surface area contributed by atoms with Gasteiger partial charge >= 0.3 is 5.97 Å². The fraction of sp³-hybridized carbons (Fsp3) is 0.583. The van der Waals surface area contributed by atoms with E-state index in [0.717, 1.165) is 17.8 Å². The van der Waals surface area contributed by atoms with Gasteiger partial charge in [0.15, 0.2) is 0 Å². The predicted molar refractivity (Wildman–Crippen MR) is 67.1 cm³/mol. The Morgan fingerprint density at radius 2 is 2.31 bits per heavy atom. The van der Waals surface area contributed by atoms with E-state index in [9.17, 15) is 4.79 Å². The number of carbonyl (C=O) groups is 1. The molecule has 0 bridgehead atoms. The molecule has 1 aromatic heterocycles. The lowest BCUT2D eigenvalue weighted by molar-refractivity contribution is 0.0697. The molecular formula is C12H19NO2S. The molecule has 0 aliphatic heterocycles. The number of nitrogens with one attached hydrogen (secondary N) is 1. The molecule has 0 saturated carbocycles. The molecule has 0 aliphatic rings. The minimum atomic E-state index is -0.844. The number of hydrogen-bond donors (Lipinski definition) is 2. The van der Waals surface area contributed by atoms with Crippen molar-refractivity contribution in [1.82, 2.24) is 5.32 Å². The third-order valence-corrected chi connectivity index (χ3v) is 3.53. The molecule has 3 nitrogen and oxygen atoms in total. The van der Waals surface area contributed by atoms with Gasteiger partial charge in [-0.05, 0) is 18.9 Å². The van der Waals surface area contributed by atoms with Crippen molar-refractivity contribution in [2.24, 2.45) is 0 Å². The molecule has 16 heavy (non-hydrogen) atoms. The lowest BCUT2D eigenvalue weighted by atomic mass is 10.1. The Morgan fingerprint density at radius 1 is 1.56 bits per heavy atom. The van der Waals surface area contributed by atoms with Crippen LogP contribution in [0.3, 0.4) is 0 Å². The normalized spacial score (nSPS) is 12.6. The molecule has 1 aromatic rings. The van der Waals surface area contributed by atoms with E-state index in [4.69, 9.17) is 5.11 Å². The molecule has 1 atom stereocenters. The third kappa shape index (κ3) is 3.94. The van der Waals surface area contributed by atoms with E-state index in [1.807, 2.05) is 0 Å². The van der Waals surface area contributed by atoms with Crippen LogP contribution in [0.5, 0.6) is 0 Å². The van der Waals surface area contributed by atoms with E-state index in [0.29, 0.717) is 11.6 Å². The molecule has 1 unspecified atom stereocenters. The summed E-state index contributed by atoms with van der Waals surface area (Å²) in [5, 5.41) is 13.9. The summed E-state index contributed by atoms with van der Waals surface area (Å²) < 4.78 is 0. The van der Waals surface area contributed by atoms with E-state index >= 15 is 0 Å². The van der Waals surface area contributed by atoms with Gasteiger partial charge in [0, 0.05) is 22.8 Å². The maximum atomic E-state index is 10.7. The molecule has 2 N–H and O–H groups in total. The zero-order chi connectivity index (χ0) is 12.0. The van der Waals surface area contributed by atoms with Gasteiger partial charge in [0.2, 0.25) is 0 Å². The molecule has 0 aromatic carbocycles. The standard InChI is InChI=1S/C12H19NO2S/c1-3-5-10(4-2)13-7-11-6-9(8-16-11)12(14)15/h6,8,10,13H,3-5,7H2,1-2H3,(H,14,15). The van der Waals surface area contributed by atoms with Crippen molar-refractivity contribution in [3.8, 4) is 0 Å². The summed E-state index contributed by atoms with van der Waals surface area (Å²) in [6, 6.07) is 2.29. The molecule has 1 rings (SSSR count). The maximum absolute atomic E-state index is 10.7. The van der Waals surface area contributed by atoms with Crippen molar-refractivity contribution < 1.29 is 9.90 Å². The number of rotatable bonds is 7. The first kappa shape index (κ1) is 13.2. The van der Waals surface area contributed by atoms with Crippen LogP contribution in [0.1, 0.15) is 48.3 Å². The minimum Gasteiger partial charge on any atom is -0.478 e. The molecular weight excluding hydrogens is 222 g/mol. The van der Waals surface area contributed by atoms with Gasteiger partial charge in [-0.1, -0.05) is 20.3 Å². The first-order valence-corrected chi connectivity index (χ1v) is 6.59. The molecule has 90 valence electrons. The maximum Gasteiger partial charge on any atom is 0.336 e. The predicted octanol–water partition coefficient (Wildman–Crippen LogP) is 3.11. The topological polar surface area (TPSA) is 49.3 Å². The second-order valence-electron chi connectivity index (χ2n) is 3.88. The summed E-state index contributed by atoms with van der Waals surface area (Å²) in [5.74, 6) is -0.844.